The molecule has 0 amide bonds. The highest BCUT2D eigenvalue weighted by Gasteiger charge is 2.14. The zero-order chi connectivity index (χ0) is 18.5. The molecule has 0 unspecified atom stereocenters. The Hall–Kier alpha value is -2.84. The van der Waals surface area contributed by atoms with Crippen LogP contribution in [0.1, 0.15) is 6.42 Å². The molecule has 8 nitrogen and oxygen atoms in total. The molecule has 3 aromatic heterocycles. The van der Waals surface area contributed by atoms with E-state index >= 15 is 0 Å². The molecule has 140 valence electrons. The lowest BCUT2D eigenvalue weighted by molar-refractivity contribution is 0.122. The largest absolute Gasteiger partial charge is 0.378 e. The van der Waals surface area contributed by atoms with E-state index in [1.807, 2.05) is 24.4 Å². The number of pyridine rings is 2. The van der Waals surface area contributed by atoms with E-state index in [-0.39, 0.29) is 0 Å². The van der Waals surface area contributed by atoms with Gasteiger partial charge in [-0.25, -0.2) is 15.0 Å². The van der Waals surface area contributed by atoms with Crippen LogP contribution in [-0.4, -0.2) is 59.3 Å². The van der Waals surface area contributed by atoms with Gasteiger partial charge in [0.05, 0.1) is 24.4 Å². The number of nitrogens with one attached hydrogen (secondary N) is 1. The number of hydrogen-bond acceptors (Lipinski definition) is 8. The fraction of sp³-hybridized carbons (Fsp3) is 0.368. The first-order valence-electron chi connectivity index (χ1n) is 9.20. The Bertz CT molecular complexity index is 894. The highest BCUT2D eigenvalue weighted by Crippen LogP contribution is 2.26. The molecule has 0 bridgehead atoms. The van der Waals surface area contributed by atoms with Crippen molar-refractivity contribution in [3.05, 3.63) is 36.8 Å². The predicted molar refractivity (Wildman–Crippen MR) is 106 cm³/mol. The van der Waals surface area contributed by atoms with Crippen molar-refractivity contribution in [3.63, 3.8) is 0 Å². The van der Waals surface area contributed by atoms with E-state index in [9.17, 15) is 0 Å². The minimum absolute atomic E-state index is 0.628. The monoisotopic (exact) mass is 365 g/mol. The van der Waals surface area contributed by atoms with Crippen LogP contribution in [0.3, 0.4) is 0 Å². The van der Waals surface area contributed by atoms with Gasteiger partial charge in [0, 0.05) is 43.8 Å². The third-order valence-corrected chi connectivity index (χ3v) is 4.51. The van der Waals surface area contributed by atoms with Crippen molar-refractivity contribution in [3.8, 4) is 11.3 Å². The predicted octanol–water partition coefficient (Wildman–Crippen LogP) is 1.68. The summed E-state index contributed by atoms with van der Waals surface area (Å²) in [6.07, 6.45) is 6.09. The van der Waals surface area contributed by atoms with Gasteiger partial charge < -0.3 is 20.7 Å². The van der Waals surface area contributed by atoms with Gasteiger partial charge >= 0.3 is 0 Å². The van der Waals surface area contributed by atoms with Gasteiger partial charge in [0.25, 0.3) is 0 Å². The Morgan fingerprint density at radius 3 is 2.74 bits per heavy atom. The molecule has 3 aromatic rings. The van der Waals surface area contributed by atoms with Gasteiger partial charge in [-0.15, -0.1) is 0 Å². The van der Waals surface area contributed by atoms with Gasteiger partial charge in [0.15, 0.2) is 5.82 Å². The summed E-state index contributed by atoms with van der Waals surface area (Å²) in [5.41, 5.74) is 8.92. The summed E-state index contributed by atoms with van der Waals surface area (Å²) in [6, 6.07) is 6.03. The first-order chi connectivity index (χ1) is 13.3. The second-order valence-electron chi connectivity index (χ2n) is 6.35. The summed E-state index contributed by atoms with van der Waals surface area (Å²) in [7, 11) is 0. The van der Waals surface area contributed by atoms with Gasteiger partial charge in [0.2, 0.25) is 0 Å². The van der Waals surface area contributed by atoms with Gasteiger partial charge in [0.1, 0.15) is 11.3 Å². The number of anilines is 2. The number of morpholine rings is 1. The molecule has 3 N–H and O–H groups in total. The molecule has 0 radical (unpaired) electrons. The van der Waals surface area contributed by atoms with Crippen LogP contribution in [-0.2, 0) is 4.74 Å². The average molecular weight is 365 g/mol. The highest BCUT2D eigenvalue weighted by atomic mass is 16.5. The topological polar surface area (TPSA) is 102 Å². The van der Waals surface area contributed by atoms with Crippen LogP contribution in [0.15, 0.2) is 36.8 Å². The van der Waals surface area contributed by atoms with Crippen molar-refractivity contribution in [2.75, 3.05) is 49.6 Å². The molecule has 1 fully saturated rings. The number of rotatable bonds is 6. The first kappa shape index (κ1) is 17.6. The Balaban J connectivity index is 1.64. The maximum Gasteiger partial charge on any atom is 0.154 e. The molecular weight excluding hydrogens is 342 g/mol. The van der Waals surface area contributed by atoms with Gasteiger partial charge in [-0.05, 0) is 31.2 Å². The van der Waals surface area contributed by atoms with E-state index in [4.69, 9.17) is 15.5 Å². The van der Waals surface area contributed by atoms with E-state index in [0.29, 0.717) is 6.54 Å². The number of fused-ring (bicyclic) bond motifs is 1. The van der Waals surface area contributed by atoms with Crippen LogP contribution >= 0.6 is 0 Å². The number of hydrogen-bond donors (Lipinski definition) is 2. The van der Waals surface area contributed by atoms with Gasteiger partial charge in [-0.3, -0.25) is 4.98 Å². The lowest BCUT2D eigenvalue weighted by atomic mass is 10.1. The second kappa shape index (κ2) is 8.24. The van der Waals surface area contributed by atoms with E-state index in [1.54, 1.807) is 12.4 Å². The van der Waals surface area contributed by atoms with Gasteiger partial charge in [-0.1, -0.05) is 0 Å². The molecule has 0 aromatic carbocycles. The van der Waals surface area contributed by atoms with E-state index in [1.165, 1.54) is 0 Å². The first-order valence-corrected chi connectivity index (χ1v) is 9.20. The number of nitrogens with two attached hydrogens (primary N) is 1. The standard InChI is InChI=1S/C19H23N7O/c20-4-1-5-23-19-18-16(21-6-7-22-18)12-15(25-19)14-2-3-17(24-13-14)26-8-10-27-11-9-26/h2-3,6-7,12-13H,1,4-5,8-11,20H2,(H,23,25). The molecule has 8 heteroatoms. The molecule has 27 heavy (non-hydrogen) atoms. The third kappa shape index (κ3) is 3.96. The van der Waals surface area contributed by atoms with Crippen LogP contribution < -0.4 is 16.0 Å². The van der Waals surface area contributed by atoms with Gasteiger partial charge in [-0.2, -0.15) is 0 Å². The third-order valence-electron chi connectivity index (χ3n) is 4.51. The maximum atomic E-state index is 5.59. The van der Waals surface area contributed by atoms with Crippen LogP contribution in [0.25, 0.3) is 22.3 Å². The summed E-state index contributed by atoms with van der Waals surface area (Å²) in [5.74, 6) is 1.69. The van der Waals surface area contributed by atoms with E-state index in [2.05, 4.69) is 25.2 Å². The Labute approximate surface area is 157 Å². The molecule has 1 aliphatic rings. The van der Waals surface area contributed by atoms with Crippen molar-refractivity contribution >= 4 is 22.7 Å². The fourth-order valence-electron chi connectivity index (χ4n) is 3.07. The van der Waals surface area contributed by atoms with E-state index < -0.39 is 0 Å². The molecule has 0 saturated carbocycles. The van der Waals surface area contributed by atoms with Crippen molar-refractivity contribution in [1.82, 2.24) is 19.9 Å². The zero-order valence-electron chi connectivity index (χ0n) is 15.1. The Morgan fingerprint density at radius 1 is 1.11 bits per heavy atom. The summed E-state index contributed by atoms with van der Waals surface area (Å²) in [6.45, 7) is 4.59. The number of nitrogens with zero attached hydrogens (tertiary/aromatic N) is 5. The molecule has 1 saturated heterocycles. The summed E-state index contributed by atoms with van der Waals surface area (Å²) in [5, 5.41) is 3.33. The summed E-state index contributed by atoms with van der Waals surface area (Å²) < 4.78 is 5.40. The Morgan fingerprint density at radius 2 is 1.96 bits per heavy atom. The van der Waals surface area contributed by atoms with Crippen LogP contribution in [0.5, 0.6) is 0 Å². The lowest BCUT2D eigenvalue weighted by Crippen LogP contribution is -2.36. The SMILES string of the molecule is NCCCNc1nc(-c2ccc(N3CCOCC3)nc2)cc2nccnc12. The normalized spacial score (nSPS) is 14.5. The molecule has 4 heterocycles. The minimum Gasteiger partial charge on any atom is -0.378 e. The van der Waals surface area contributed by atoms with Crippen LogP contribution in [0, 0.1) is 0 Å². The number of aromatic nitrogens is 4. The zero-order valence-corrected chi connectivity index (χ0v) is 15.1. The number of ether oxygens (including phenoxy) is 1. The average Bonchev–Trinajstić information content (AvgIpc) is 2.74. The highest BCUT2D eigenvalue weighted by molar-refractivity contribution is 5.88. The molecule has 0 atom stereocenters. The van der Waals surface area contributed by atoms with E-state index in [0.717, 1.165) is 73.2 Å². The molecule has 0 spiro atoms. The molecular formula is C19H23N7O. The second-order valence-corrected chi connectivity index (χ2v) is 6.35. The van der Waals surface area contributed by atoms with Crippen LogP contribution in [0.4, 0.5) is 11.6 Å². The molecule has 1 aliphatic heterocycles. The molecule has 0 aliphatic carbocycles. The lowest BCUT2D eigenvalue weighted by Gasteiger charge is -2.27. The van der Waals surface area contributed by atoms with Crippen molar-refractivity contribution in [1.29, 1.82) is 0 Å². The Kier molecular flexibility index (Phi) is 5.36. The summed E-state index contributed by atoms with van der Waals surface area (Å²) in [4.78, 5) is 20.5. The molecule has 4 rings (SSSR count). The van der Waals surface area contributed by atoms with Crippen LogP contribution in [0.2, 0.25) is 0 Å². The maximum absolute atomic E-state index is 5.59. The smallest absolute Gasteiger partial charge is 0.154 e. The minimum atomic E-state index is 0.628. The van der Waals surface area contributed by atoms with Crippen molar-refractivity contribution in [2.24, 2.45) is 5.73 Å². The van der Waals surface area contributed by atoms with Crippen molar-refractivity contribution in [2.45, 2.75) is 6.42 Å². The fourth-order valence-corrected chi connectivity index (χ4v) is 3.07. The summed E-state index contributed by atoms with van der Waals surface area (Å²) >= 11 is 0. The quantitative estimate of drug-likeness (QED) is 0.636. The van der Waals surface area contributed by atoms with Crippen molar-refractivity contribution < 1.29 is 4.74 Å².